The van der Waals surface area contributed by atoms with Crippen LogP contribution in [-0.2, 0) is 6.18 Å². The van der Waals surface area contributed by atoms with Crippen LogP contribution < -0.4 is 5.73 Å². The molecule has 2 nitrogen and oxygen atoms in total. The lowest BCUT2D eigenvalue weighted by molar-refractivity contribution is -0.140. The van der Waals surface area contributed by atoms with E-state index in [1.54, 1.807) is 0 Å². The van der Waals surface area contributed by atoms with Gasteiger partial charge in [-0.15, -0.1) is 0 Å². The predicted molar refractivity (Wildman–Crippen MR) is 50.0 cm³/mol. The first-order valence-corrected chi connectivity index (χ1v) is 4.59. The van der Waals surface area contributed by atoms with Crippen molar-refractivity contribution >= 4 is 0 Å². The number of hydrogen-bond donors (Lipinski definition) is 2. The third kappa shape index (κ3) is 2.93. The summed E-state index contributed by atoms with van der Waals surface area (Å²) in [5, 5.41) is 8.60. The lowest BCUT2D eigenvalue weighted by Crippen LogP contribution is -2.14. The molecule has 3 N–H and O–H groups in total. The van der Waals surface area contributed by atoms with Crippen molar-refractivity contribution in [2.75, 3.05) is 6.61 Å². The minimum Gasteiger partial charge on any atom is -0.396 e. The monoisotopic (exact) mass is 237 g/mol. The molecular weight excluding hydrogens is 226 g/mol. The van der Waals surface area contributed by atoms with Crippen LogP contribution in [-0.4, -0.2) is 11.7 Å². The number of benzene rings is 1. The Bertz CT molecular complexity index is 364. The molecule has 0 fully saturated rings. The van der Waals surface area contributed by atoms with Crippen molar-refractivity contribution in [1.82, 2.24) is 0 Å². The molecule has 0 saturated heterocycles. The van der Waals surface area contributed by atoms with Gasteiger partial charge < -0.3 is 10.8 Å². The fraction of sp³-hybridized carbons (Fsp3) is 0.400. The van der Waals surface area contributed by atoms with Crippen LogP contribution in [0.2, 0.25) is 0 Å². The first-order valence-electron chi connectivity index (χ1n) is 4.59. The van der Waals surface area contributed by atoms with E-state index >= 15 is 0 Å². The van der Waals surface area contributed by atoms with Crippen LogP contribution in [0.15, 0.2) is 18.2 Å². The number of nitrogens with two attached hydrogens (primary N) is 1. The summed E-state index contributed by atoms with van der Waals surface area (Å²) in [5.74, 6) is -1.35. The highest BCUT2D eigenvalue weighted by Crippen LogP contribution is 2.32. The van der Waals surface area contributed by atoms with E-state index in [9.17, 15) is 17.6 Å². The van der Waals surface area contributed by atoms with Crippen LogP contribution in [0.3, 0.4) is 0 Å². The Morgan fingerprint density at radius 1 is 1.31 bits per heavy atom. The van der Waals surface area contributed by atoms with Crippen molar-refractivity contribution < 1.29 is 22.7 Å². The second-order valence-electron chi connectivity index (χ2n) is 3.36. The fourth-order valence-corrected chi connectivity index (χ4v) is 1.30. The van der Waals surface area contributed by atoms with E-state index in [1.807, 2.05) is 0 Å². The van der Waals surface area contributed by atoms with Gasteiger partial charge in [0.2, 0.25) is 0 Å². The highest BCUT2D eigenvalue weighted by atomic mass is 19.4. The molecule has 0 aromatic heterocycles. The van der Waals surface area contributed by atoms with Crippen LogP contribution in [0.1, 0.15) is 23.6 Å². The van der Waals surface area contributed by atoms with Gasteiger partial charge in [-0.1, -0.05) is 6.07 Å². The SMILES string of the molecule is N[C@H](CCO)c1ccc(C(F)(F)F)c(F)c1. The van der Waals surface area contributed by atoms with E-state index in [1.165, 1.54) is 0 Å². The molecule has 0 aliphatic rings. The minimum atomic E-state index is -4.70. The molecular formula is C10H11F4NO. The van der Waals surface area contributed by atoms with Crippen LogP contribution in [0.25, 0.3) is 0 Å². The number of alkyl halides is 3. The Kier molecular flexibility index (Phi) is 3.88. The molecule has 0 bridgehead atoms. The zero-order chi connectivity index (χ0) is 12.3. The topological polar surface area (TPSA) is 46.2 Å². The average molecular weight is 237 g/mol. The van der Waals surface area contributed by atoms with Gasteiger partial charge in [-0.25, -0.2) is 4.39 Å². The molecule has 1 aromatic carbocycles. The Morgan fingerprint density at radius 2 is 1.94 bits per heavy atom. The molecule has 0 amide bonds. The van der Waals surface area contributed by atoms with Gasteiger partial charge in [-0.2, -0.15) is 13.2 Å². The van der Waals surface area contributed by atoms with E-state index < -0.39 is 23.6 Å². The van der Waals surface area contributed by atoms with Crippen molar-refractivity contribution in [3.63, 3.8) is 0 Å². The summed E-state index contributed by atoms with van der Waals surface area (Å²) >= 11 is 0. The van der Waals surface area contributed by atoms with Gasteiger partial charge in [0.15, 0.2) is 0 Å². The summed E-state index contributed by atoms with van der Waals surface area (Å²) in [7, 11) is 0. The van der Waals surface area contributed by atoms with Crippen LogP contribution >= 0.6 is 0 Å². The smallest absolute Gasteiger partial charge is 0.396 e. The van der Waals surface area contributed by atoms with Crippen LogP contribution in [0, 0.1) is 5.82 Å². The molecule has 0 spiro atoms. The highest BCUT2D eigenvalue weighted by molar-refractivity contribution is 5.28. The standard InChI is InChI=1S/C10H11F4NO/c11-8-5-6(9(15)3-4-16)1-2-7(8)10(12,13)14/h1-2,5,9,16H,3-4,15H2/t9-/m1/s1. The second kappa shape index (κ2) is 4.80. The van der Waals surface area contributed by atoms with Gasteiger partial charge in [-0.3, -0.25) is 0 Å². The van der Waals surface area contributed by atoms with Gasteiger partial charge in [0.25, 0.3) is 0 Å². The number of halogens is 4. The van der Waals surface area contributed by atoms with Crippen molar-refractivity contribution in [3.8, 4) is 0 Å². The summed E-state index contributed by atoms with van der Waals surface area (Å²) in [6, 6.07) is 1.86. The minimum absolute atomic E-state index is 0.171. The van der Waals surface area contributed by atoms with Crippen molar-refractivity contribution in [3.05, 3.63) is 35.1 Å². The maximum Gasteiger partial charge on any atom is 0.419 e. The van der Waals surface area contributed by atoms with E-state index in [4.69, 9.17) is 10.8 Å². The second-order valence-corrected chi connectivity index (χ2v) is 3.36. The van der Waals surface area contributed by atoms with Crippen LogP contribution in [0.5, 0.6) is 0 Å². The maximum absolute atomic E-state index is 13.1. The van der Waals surface area contributed by atoms with Gasteiger partial charge in [0.05, 0.1) is 5.56 Å². The fourth-order valence-electron chi connectivity index (χ4n) is 1.30. The Morgan fingerprint density at radius 3 is 2.38 bits per heavy atom. The van der Waals surface area contributed by atoms with E-state index in [2.05, 4.69) is 0 Å². The molecule has 0 saturated carbocycles. The molecule has 1 atom stereocenters. The maximum atomic E-state index is 13.1. The van der Waals surface area contributed by atoms with Gasteiger partial charge in [0, 0.05) is 12.6 Å². The lowest BCUT2D eigenvalue weighted by Gasteiger charge is -2.13. The first kappa shape index (κ1) is 12.9. The average Bonchev–Trinajstić information content (AvgIpc) is 2.16. The molecule has 1 rings (SSSR count). The normalized spacial score (nSPS) is 13.9. The number of rotatable bonds is 3. The number of aliphatic hydroxyl groups excluding tert-OH is 1. The Balaban J connectivity index is 3.00. The quantitative estimate of drug-likeness (QED) is 0.792. The van der Waals surface area contributed by atoms with Gasteiger partial charge >= 0.3 is 6.18 Å². The van der Waals surface area contributed by atoms with Gasteiger partial charge in [0.1, 0.15) is 5.82 Å². The van der Waals surface area contributed by atoms with E-state index in [-0.39, 0.29) is 18.6 Å². The van der Waals surface area contributed by atoms with Crippen molar-refractivity contribution in [1.29, 1.82) is 0 Å². The lowest BCUT2D eigenvalue weighted by atomic mass is 10.0. The summed E-state index contributed by atoms with van der Waals surface area (Å²) in [6.07, 6.45) is -4.53. The predicted octanol–water partition coefficient (Wildman–Crippen LogP) is 2.23. The molecule has 0 aliphatic carbocycles. The summed E-state index contributed by atoms with van der Waals surface area (Å²) in [6.45, 7) is -0.205. The largest absolute Gasteiger partial charge is 0.419 e. The molecule has 0 unspecified atom stereocenters. The van der Waals surface area contributed by atoms with Crippen molar-refractivity contribution in [2.45, 2.75) is 18.6 Å². The third-order valence-corrected chi connectivity index (χ3v) is 2.17. The number of aliphatic hydroxyl groups is 1. The van der Waals surface area contributed by atoms with E-state index in [0.717, 1.165) is 12.1 Å². The Labute approximate surface area is 89.7 Å². The molecule has 16 heavy (non-hydrogen) atoms. The van der Waals surface area contributed by atoms with Gasteiger partial charge in [-0.05, 0) is 24.1 Å². The highest BCUT2D eigenvalue weighted by Gasteiger charge is 2.34. The van der Waals surface area contributed by atoms with E-state index in [0.29, 0.717) is 6.07 Å². The van der Waals surface area contributed by atoms with Crippen LogP contribution in [0.4, 0.5) is 17.6 Å². The zero-order valence-electron chi connectivity index (χ0n) is 8.26. The number of hydrogen-bond acceptors (Lipinski definition) is 2. The summed E-state index contributed by atoms with van der Waals surface area (Å²) in [4.78, 5) is 0. The van der Waals surface area contributed by atoms with Crippen molar-refractivity contribution in [2.24, 2.45) is 5.73 Å². The molecule has 1 aromatic rings. The first-order chi connectivity index (χ1) is 7.36. The molecule has 0 radical (unpaired) electrons. The molecule has 0 aliphatic heterocycles. The zero-order valence-corrected chi connectivity index (χ0v) is 8.26. The third-order valence-electron chi connectivity index (χ3n) is 2.17. The summed E-state index contributed by atoms with van der Waals surface area (Å²) in [5.41, 5.74) is 4.45. The molecule has 6 heteroatoms. The summed E-state index contributed by atoms with van der Waals surface area (Å²) < 4.78 is 49.8. The molecule has 90 valence electrons. The Hall–Kier alpha value is -1.14. The molecule has 0 heterocycles.